The lowest BCUT2D eigenvalue weighted by atomic mass is 9.77. The van der Waals surface area contributed by atoms with E-state index in [0.29, 0.717) is 23.2 Å². The van der Waals surface area contributed by atoms with Crippen molar-refractivity contribution >= 4 is 28.2 Å². The molecule has 1 aromatic heterocycles. The van der Waals surface area contributed by atoms with E-state index in [1.807, 2.05) is 25.1 Å². The number of rotatable bonds is 4. The monoisotopic (exact) mass is 302 g/mol. The molecule has 110 valence electrons. The third-order valence-electron chi connectivity index (χ3n) is 3.70. The molecule has 0 saturated carbocycles. The van der Waals surface area contributed by atoms with Crippen molar-refractivity contribution in [2.24, 2.45) is 0 Å². The second-order valence-corrected chi connectivity index (χ2v) is 6.39. The Morgan fingerprint density at radius 3 is 2.90 bits per heavy atom. The average Bonchev–Trinajstić information content (AvgIpc) is 2.82. The summed E-state index contributed by atoms with van der Waals surface area (Å²) in [5, 5.41) is 3.71. The molecule has 0 spiro atoms. The van der Waals surface area contributed by atoms with Crippen molar-refractivity contribution in [1.29, 1.82) is 0 Å². The standard InChI is InChI=1S/C15H18N4OS/c1-19(2)15-18-13(16)12(21-15)14(20)17-8-10-7-9-5-3-4-6-11(9)10/h3-6,10H,7-8,16H2,1-2H3,(H,17,20). The molecule has 1 unspecified atom stereocenters. The van der Waals surface area contributed by atoms with Crippen LogP contribution in [0.1, 0.15) is 26.7 Å². The van der Waals surface area contributed by atoms with E-state index < -0.39 is 0 Å². The summed E-state index contributed by atoms with van der Waals surface area (Å²) in [5.41, 5.74) is 8.54. The summed E-state index contributed by atoms with van der Waals surface area (Å²) in [6.07, 6.45) is 1.03. The number of carbonyl (C=O) groups excluding carboxylic acids is 1. The van der Waals surface area contributed by atoms with E-state index in [4.69, 9.17) is 5.73 Å². The number of thiazole rings is 1. The van der Waals surface area contributed by atoms with Gasteiger partial charge in [0, 0.05) is 26.6 Å². The van der Waals surface area contributed by atoms with Gasteiger partial charge < -0.3 is 16.0 Å². The number of aromatic nitrogens is 1. The first-order chi connectivity index (χ1) is 10.1. The van der Waals surface area contributed by atoms with Crippen LogP contribution >= 0.6 is 11.3 Å². The van der Waals surface area contributed by atoms with Gasteiger partial charge in [0.25, 0.3) is 5.91 Å². The van der Waals surface area contributed by atoms with E-state index in [0.717, 1.165) is 11.6 Å². The first-order valence-corrected chi connectivity index (χ1v) is 7.67. The average molecular weight is 302 g/mol. The van der Waals surface area contributed by atoms with Gasteiger partial charge in [0.15, 0.2) is 5.13 Å². The summed E-state index contributed by atoms with van der Waals surface area (Å²) in [4.78, 5) is 18.7. The van der Waals surface area contributed by atoms with Gasteiger partial charge in [-0.3, -0.25) is 4.79 Å². The topological polar surface area (TPSA) is 71.2 Å². The molecule has 1 aromatic carbocycles. The van der Waals surface area contributed by atoms with E-state index in [1.165, 1.54) is 22.5 Å². The van der Waals surface area contributed by atoms with Crippen molar-refractivity contribution < 1.29 is 4.79 Å². The van der Waals surface area contributed by atoms with Crippen molar-refractivity contribution in [2.45, 2.75) is 12.3 Å². The molecule has 5 nitrogen and oxygen atoms in total. The third-order valence-corrected chi connectivity index (χ3v) is 4.94. The zero-order valence-electron chi connectivity index (χ0n) is 12.1. The Hall–Kier alpha value is -2.08. The maximum atomic E-state index is 12.2. The van der Waals surface area contributed by atoms with E-state index in [9.17, 15) is 4.79 Å². The molecule has 1 atom stereocenters. The molecule has 6 heteroatoms. The van der Waals surface area contributed by atoms with Gasteiger partial charge in [-0.05, 0) is 17.5 Å². The molecule has 3 N–H and O–H groups in total. The van der Waals surface area contributed by atoms with Crippen LogP contribution in [-0.2, 0) is 6.42 Å². The number of hydrogen-bond donors (Lipinski definition) is 2. The van der Waals surface area contributed by atoms with Crippen LogP contribution < -0.4 is 16.0 Å². The highest BCUT2D eigenvalue weighted by Gasteiger charge is 2.26. The van der Waals surface area contributed by atoms with Gasteiger partial charge >= 0.3 is 0 Å². The van der Waals surface area contributed by atoms with E-state index in [1.54, 1.807) is 0 Å². The van der Waals surface area contributed by atoms with Gasteiger partial charge in [0.1, 0.15) is 10.7 Å². The maximum Gasteiger partial charge on any atom is 0.265 e. The van der Waals surface area contributed by atoms with Crippen LogP contribution in [0, 0.1) is 0 Å². The summed E-state index contributed by atoms with van der Waals surface area (Å²) >= 11 is 1.32. The van der Waals surface area contributed by atoms with Crippen LogP contribution in [0.25, 0.3) is 0 Å². The number of anilines is 2. The summed E-state index contributed by atoms with van der Waals surface area (Å²) in [7, 11) is 3.76. The summed E-state index contributed by atoms with van der Waals surface area (Å²) < 4.78 is 0. The quantitative estimate of drug-likeness (QED) is 0.904. The number of nitrogens with two attached hydrogens (primary N) is 1. The molecule has 0 fully saturated rings. The Kier molecular flexibility index (Phi) is 3.55. The molecule has 1 aliphatic rings. The zero-order valence-corrected chi connectivity index (χ0v) is 12.9. The number of hydrogen-bond acceptors (Lipinski definition) is 5. The predicted molar refractivity (Wildman–Crippen MR) is 86.1 cm³/mol. The lowest BCUT2D eigenvalue weighted by Gasteiger charge is -2.30. The SMILES string of the molecule is CN(C)c1nc(N)c(C(=O)NCC2Cc3ccccc32)s1. The number of benzene rings is 1. The Morgan fingerprint density at radius 2 is 2.24 bits per heavy atom. The minimum atomic E-state index is -0.137. The second-order valence-electron chi connectivity index (χ2n) is 5.42. The Bertz CT molecular complexity index is 680. The maximum absolute atomic E-state index is 12.2. The van der Waals surface area contributed by atoms with Crippen LogP contribution in [0.4, 0.5) is 10.9 Å². The molecule has 1 aliphatic carbocycles. The van der Waals surface area contributed by atoms with Crippen LogP contribution in [0.15, 0.2) is 24.3 Å². The van der Waals surface area contributed by atoms with Crippen molar-refractivity contribution in [3.8, 4) is 0 Å². The number of carbonyl (C=O) groups is 1. The smallest absolute Gasteiger partial charge is 0.265 e. The highest BCUT2D eigenvalue weighted by Crippen LogP contribution is 2.34. The minimum Gasteiger partial charge on any atom is -0.382 e. The summed E-state index contributed by atoms with van der Waals surface area (Å²) in [5.74, 6) is 0.574. The zero-order chi connectivity index (χ0) is 15.0. The molecular weight excluding hydrogens is 284 g/mol. The number of nitrogens with one attached hydrogen (secondary N) is 1. The fourth-order valence-electron chi connectivity index (χ4n) is 2.52. The fourth-order valence-corrected chi connectivity index (χ4v) is 3.34. The highest BCUT2D eigenvalue weighted by atomic mass is 32.1. The van der Waals surface area contributed by atoms with Crippen molar-refractivity contribution in [2.75, 3.05) is 31.3 Å². The molecule has 0 bridgehead atoms. The first kappa shape index (κ1) is 13.9. The lowest BCUT2D eigenvalue weighted by molar-refractivity contribution is 0.0955. The summed E-state index contributed by atoms with van der Waals surface area (Å²) in [6, 6.07) is 8.35. The fraction of sp³-hybridized carbons (Fsp3) is 0.333. The molecule has 1 amide bonds. The largest absolute Gasteiger partial charge is 0.382 e. The number of amides is 1. The van der Waals surface area contributed by atoms with Gasteiger partial charge in [-0.25, -0.2) is 4.98 Å². The van der Waals surface area contributed by atoms with Crippen molar-refractivity contribution in [1.82, 2.24) is 10.3 Å². The molecule has 3 rings (SSSR count). The van der Waals surface area contributed by atoms with Gasteiger partial charge in [0.2, 0.25) is 0 Å². The Labute approximate surface area is 127 Å². The van der Waals surface area contributed by atoms with Gasteiger partial charge in [-0.15, -0.1) is 0 Å². The normalized spacial score (nSPS) is 16.0. The van der Waals surface area contributed by atoms with Gasteiger partial charge in [-0.2, -0.15) is 0 Å². The second kappa shape index (κ2) is 5.37. The van der Waals surface area contributed by atoms with E-state index in [-0.39, 0.29) is 5.91 Å². The molecule has 2 aromatic rings. The number of nitrogen functional groups attached to an aromatic ring is 1. The lowest BCUT2D eigenvalue weighted by Crippen LogP contribution is -2.33. The Morgan fingerprint density at radius 1 is 1.48 bits per heavy atom. The van der Waals surface area contributed by atoms with Crippen LogP contribution in [0.3, 0.4) is 0 Å². The van der Waals surface area contributed by atoms with Crippen LogP contribution in [-0.4, -0.2) is 31.5 Å². The van der Waals surface area contributed by atoms with Crippen molar-refractivity contribution in [3.63, 3.8) is 0 Å². The molecule has 0 radical (unpaired) electrons. The van der Waals surface area contributed by atoms with Crippen molar-refractivity contribution in [3.05, 3.63) is 40.3 Å². The van der Waals surface area contributed by atoms with Crippen LogP contribution in [0.2, 0.25) is 0 Å². The van der Waals surface area contributed by atoms with Gasteiger partial charge in [0.05, 0.1) is 0 Å². The number of nitrogens with zero attached hydrogens (tertiary/aromatic N) is 2. The van der Waals surface area contributed by atoms with Gasteiger partial charge in [-0.1, -0.05) is 35.6 Å². The third kappa shape index (κ3) is 2.58. The Balaban J connectivity index is 1.63. The number of fused-ring (bicyclic) bond motifs is 1. The molecule has 1 heterocycles. The first-order valence-electron chi connectivity index (χ1n) is 6.86. The minimum absolute atomic E-state index is 0.137. The molecular formula is C15H18N4OS. The highest BCUT2D eigenvalue weighted by molar-refractivity contribution is 7.18. The predicted octanol–water partition coefficient (Wildman–Crippen LogP) is 1.86. The molecule has 0 saturated heterocycles. The summed E-state index contributed by atoms with van der Waals surface area (Å²) in [6.45, 7) is 0.643. The van der Waals surface area contributed by atoms with E-state index in [2.05, 4.69) is 28.5 Å². The molecule has 21 heavy (non-hydrogen) atoms. The van der Waals surface area contributed by atoms with E-state index >= 15 is 0 Å². The molecule has 0 aliphatic heterocycles. The van der Waals surface area contributed by atoms with Crippen LogP contribution in [0.5, 0.6) is 0 Å².